The molecule has 1 fully saturated rings. The van der Waals surface area contributed by atoms with Gasteiger partial charge in [0.25, 0.3) is 0 Å². The van der Waals surface area contributed by atoms with E-state index in [1.54, 1.807) is 12.1 Å². The molecule has 0 bridgehead atoms. The molecular formula is C20H27NO2. The number of hydrogen-bond donors (Lipinski definition) is 0. The predicted octanol–water partition coefficient (Wildman–Crippen LogP) is 4.76. The number of carbonyl (C=O) groups excluding carboxylic acids is 1. The molecule has 0 radical (unpaired) electrons. The smallest absolute Gasteiger partial charge is 0.337 e. The van der Waals surface area contributed by atoms with E-state index in [0.29, 0.717) is 5.56 Å². The van der Waals surface area contributed by atoms with Crippen LogP contribution in [0.15, 0.2) is 48.5 Å². The van der Waals surface area contributed by atoms with E-state index in [9.17, 15) is 4.79 Å². The fourth-order valence-electron chi connectivity index (χ4n) is 2.89. The Morgan fingerprint density at radius 3 is 1.83 bits per heavy atom. The third-order valence-corrected chi connectivity index (χ3v) is 4.20. The Hall–Kier alpha value is -2.03. The lowest BCUT2D eigenvalue weighted by atomic mass is 10.1. The quantitative estimate of drug-likeness (QED) is 0.737. The second-order valence-corrected chi connectivity index (χ2v) is 5.92. The molecule has 0 atom stereocenters. The molecule has 0 spiro atoms. The fourth-order valence-corrected chi connectivity index (χ4v) is 2.89. The maximum Gasteiger partial charge on any atom is 0.337 e. The van der Waals surface area contributed by atoms with Crippen LogP contribution in [0.2, 0.25) is 0 Å². The summed E-state index contributed by atoms with van der Waals surface area (Å²) in [5.41, 5.74) is 1.79. The molecule has 0 amide bonds. The van der Waals surface area contributed by atoms with Crippen LogP contribution in [-0.4, -0.2) is 26.2 Å². The van der Waals surface area contributed by atoms with Crippen LogP contribution >= 0.6 is 0 Å². The zero-order valence-corrected chi connectivity index (χ0v) is 14.0. The lowest BCUT2D eigenvalue weighted by molar-refractivity contribution is 0.0601. The summed E-state index contributed by atoms with van der Waals surface area (Å²) in [5, 5.41) is 0. The standard InChI is InChI=1S/C20H27NO2/c1-23-20(22)18-12-6-8-14-19(15-9-7-13-18)21-16-10-4-2-3-5-11-17-21/h6-9,12-15H,2-5,10-11,16-17H2,1H3. The number of esters is 1. The monoisotopic (exact) mass is 313 g/mol. The van der Waals surface area contributed by atoms with Crippen LogP contribution < -0.4 is 4.90 Å². The van der Waals surface area contributed by atoms with Crippen molar-refractivity contribution in [2.24, 2.45) is 0 Å². The van der Waals surface area contributed by atoms with Crippen molar-refractivity contribution in [3.8, 4) is 0 Å². The van der Waals surface area contributed by atoms with Crippen LogP contribution in [0.25, 0.3) is 0 Å². The average molecular weight is 313 g/mol. The van der Waals surface area contributed by atoms with Crippen molar-refractivity contribution in [3.05, 3.63) is 54.1 Å². The zero-order chi connectivity index (χ0) is 16.3. The summed E-state index contributed by atoms with van der Waals surface area (Å²) < 4.78 is 4.77. The Kier molecular flexibility index (Phi) is 7.44. The summed E-state index contributed by atoms with van der Waals surface area (Å²) in [7, 11) is 1.40. The maximum absolute atomic E-state index is 11.6. The van der Waals surface area contributed by atoms with Crippen molar-refractivity contribution in [2.45, 2.75) is 38.5 Å². The lowest BCUT2D eigenvalue weighted by Crippen LogP contribution is -2.24. The second kappa shape index (κ2) is 9.88. The Morgan fingerprint density at radius 1 is 0.826 bits per heavy atom. The molecule has 1 aromatic rings. The van der Waals surface area contributed by atoms with Crippen molar-refractivity contribution in [2.75, 3.05) is 25.1 Å². The van der Waals surface area contributed by atoms with Crippen LogP contribution in [0.3, 0.4) is 0 Å². The van der Waals surface area contributed by atoms with Crippen molar-refractivity contribution in [1.29, 1.82) is 0 Å². The van der Waals surface area contributed by atoms with E-state index in [1.165, 1.54) is 51.3 Å². The molecule has 1 saturated heterocycles. The number of ether oxygens (including phenoxy) is 1. The number of methoxy groups -OCH3 is 1. The summed E-state index contributed by atoms with van der Waals surface area (Å²) in [6.45, 7) is 2.24. The Morgan fingerprint density at radius 2 is 1.30 bits per heavy atom. The Labute approximate surface area is 139 Å². The number of carbonyl (C=O) groups is 1. The third-order valence-electron chi connectivity index (χ3n) is 4.20. The van der Waals surface area contributed by atoms with Crippen molar-refractivity contribution >= 4 is 11.7 Å². The highest BCUT2D eigenvalue weighted by molar-refractivity contribution is 5.88. The van der Waals surface area contributed by atoms with Gasteiger partial charge in [0.15, 0.2) is 0 Å². The van der Waals surface area contributed by atoms with Crippen molar-refractivity contribution in [3.63, 3.8) is 0 Å². The van der Waals surface area contributed by atoms with Crippen LogP contribution in [0, 0.1) is 0 Å². The normalized spacial score (nSPS) is 15.6. The van der Waals surface area contributed by atoms with Gasteiger partial charge in [-0.3, -0.25) is 0 Å². The molecule has 0 saturated carbocycles. The van der Waals surface area contributed by atoms with Gasteiger partial charge in [0.2, 0.25) is 0 Å². The first-order chi connectivity index (χ1) is 11.3. The Bertz CT molecular complexity index is 517. The van der Waals surface area contributed by atoms with Gasteiger partial charge in [0, 0.05) is 18.8 Å². The highest BCUT2D eigenvalue weighted by Crippen LogP contribution is 2.17. The van der Waals surface area contributed by atoms with Crippen molar-refractivity contribution in [1.82, 2.24) is 0 Å². The average Bonchev–Trinajstić information content (AvgIpc) is 2.72. The van der Waals surface area contributed by atoms with E-state index >= 15 is 0 Å². The predicted molar refractivity (Wildman–Crippen MR) is 95.3 cm³/mol. The van der Waals surface area contributed by atoms with Gasteiger partial charge in [-0.15, -0.1) is 0 Å². The summed E-state index contributed by atoms with van der Waals surface area (Å²) in [4.78, 5) is 14.1. The number of nitrogens with zero attached hydrogens (tertiary/aromatic N) is 1. The van der Waals surface area contributed by atoms with Crippen LogP contribution in [-0.2, 0) is 4.74 Å². The minimum absolute atomic E-state index is 0.316. The van der Waals surface area contributed by atoms with Gasteiger partial charge in [-0.1, -0.05) is 49.9 Å². The molecule has 1 heterocycles. The maximum atomic E-state index is 11.6. The van der Waals surface area contributed by atoms with Gasteiger partial charge in [-0.2, -0.15) is 0 Å². The molecule has 2 rings (SSSR count). The molecule has 124 valence electrons. The van der Waals surface area contributed by atoms with E-state index < -0.39 is 0 Å². The van der Waals surface area contributed by atoms with Crippen LogP contribution in [0.4, 0.5) is 5.69 Å². The zero-order valence-electron chi connectivity index (χ0n) is 14.0. The van der Waals surface area contributed by atoms with Crippen LogP contribution in [0.1, 0.15) is 48.9 Å². The number of hydrogen-bond acceptors (Lipinski definition) is 3. The summed E-state index contributed by atoms with van der Waals surface area (Å²) in [6.07, 6.45) is 7.91. The largest absolute Gasteiger partial charge is 0.465 e. The summed E-state index contributed by atoms with van der Waals surface area (Å²) in [6, 6.07) is 15.6. The second-order valence-electron chi connectivity index (χ2n) is 5.92. The van der Waals surface area contributed by atoms with Gasteiger partial charge in [-0.25, -0.2) is 4.79 Å². The lowest BCUT2D eigenvalue weighted by Gasteiger charge is -2.23. The molecular weight excluding hydrogens is 286 g/mol. The molecule has 1 aliphatic heterocycles. The summed E-state index contributed by atoms with van der Waals surface area (Å²) in [5.74, 6) is -0.316. The molecule has 1 aromatic carbocycles. The van der Waals surface area contributed by atoms with E-state index in [4.69, 9.17) is 4.74 Å². The molecule has 1 aliphatic rings. The first kappa shape index (κ1) is 17.3. The SMILES string of the molecule is COC(=O)c1ccccc(N2CCCCCCCC2)cccc1. The number of rotatable bonds is 2. The summed E-state index contributed by atoms with van der Waals surface area (Å²) >= 11 is 0. The highest BCUT2D eigenvalue weighted by atomic mass is 16.5. The Balaban J connectivity index is 2.22. The van der Waals surface area contributed by atoms with Gasteiger partial charge in [0.05, 0.1) is 12.7 Å². The minimum atomic E-state index is -0.316. The first-order valence-corrected chi connectivity index (χ1v) is 8.58. The third kappa shape index (κ3) is 5.93. The fraction of sp³-hybridized carbons (Fsp3) is 0.450. The molecule has 0 N–H and O–H groups in total. The van der Waals surface area contributed by atoms with Gasteiger partial charge >= 0.3 is 5.97 Å². The number of anilines is 1. The van der Waals surface area contributed by atoms with E-state index in [0.717, 1.165) is 13.1 Å². The van der Waals surface area contributed by atoms with Gasteiger partial charge in [-0.05, 0) is 37.1 Å². The molecule has 3 heteroatoms. The molecule has 0 unspecified atom stereocenters. The molecule has 0 aliphatic carbocycles. The van der Waals surface area contributed by atoms with E-state index in [2.05, 4.69) is 17.0 Å². The highest BCUT2D eigenvalue weighted by Gasteiger charge is 2.07. The topological polar surface area (TPSA) is 29.5 Å². The van der Waals surface area contributed by atoms with E-state index in [-0.39, 0.29) is 5.97 Å². The molecule has 23 heavy (non-hydrogen) atoms. The van der Waals surface area contributed by atoms with E-state index in [1.807, 2.05) is 24.3 Å². The molecule has 0 aromatic heterocycles. The first-order valence-electron chi connectivity index (χ1n) is 8.58. The van der Waals surface area contributed by atoms with Gasteiger partial charge < -0.3 is 9.64 Å². The molecule has 3 nitrogen and oxygen atoms in total. The van der Waals surface area contributed by atoms with Crippen molar-refractivity contribution < 1.29 is 9.53 Å². The minimum Gasteiger partial charge on any atom is -0.465 e. The van der Waals surface area contributed by atoms with Crippen LogP contribution in [0.5, 0.6) is 0 Å². The van der Waals surface area contributed by atoms with Gasteiger partial charge in [0.1, 0.15) is 0 Å².